The summed E-state index contributed by atoms with van der Waals surface area (Å²) in [5, 5.41) is 3.04. The zero-order valence-electron chi connectivity index (χ0n) is 29.6. The molecule has 54 heavy (non-hydrogen) atoms. The first-order chi connectivity index (χ1) is 26.3. The number of urea groups is 1. The fourth-order valence-corrected chi connectivity index (χ4v) is 8.67. The van der Waals surface area contributed by atoms with E-state index >= 15 is 0 Å². The SMILES string of the molecule is CCOc1cc(/C=C2\C(=O)NC(=O)N(c3cc4c5c(c3)[C@@H](c3ccccc3)CCN5CC[C@@H]4c3ccccc3)C2=O)cc(Br)c1OCc1cccc(Cl)c1. The molecule has 8 rings (SSSR count). The largest absolute Gasteiger partial charge is 0.490 e. The van der Waals surface area contributed by atoms with E-state index in [1.807, 2.05) is 73.7 Å². The number of hydrogen-bond donors (Lipinski definition) is 1. The van der Waals surface area contributed by atoms with Crippen molar-refractivity contribution < 1.29 is 23.9 Å². The molecular formula is C44H37BrClN3O5. The molecule has 5 aromatic carbocycles. The molecule has 0 bridgehead atoms. The third-order valence-corrected chi connectivity index (χ3v) is 11.1. The van der Waals surface area contributed by atoms with Crippen LogP contribution in [0.4, 0.5) is 16.2 Å². The van der Waals surface area contributed by atoms with Crippen molar-refractivity contribution in [3.63, 3.8) is 0 Å². The summed E-state index contributed by atoms with van der Waals surface area (Å²) in [5.74, 6) is -0.449. The standard InChI is InChI=1S/C44H37BrClN3O5/c1-2-53-39-23-28(22-38(45)41(39)54-26-27-10-9-15-31(46)20-27)21-37-42(50)47-44(52)49(43(37)51)32-24-35-33(29-11-5-3-6-12-29)16-18-48-19-17-34(36(25-32)40(35)48)30-13-7-4-8-14-30/h3-15,20-25,33-34H,2,16-19,26H2,1H3,(H,47,50,52)/b37-21+/t33-,34-/m1/s1. The number of rotatable bonds is 9. The third-order valence-electron chi connectivity index (χ3n) is 10.3. The first-order valence-electron chi connectivity index (χ1n) is 18.1. The van der Waals surface area contributed by atoms with E-state index in [1.54, 1.807) is 18.2 Å². The average Bonchev–Trinajstić information content (AvgIpc) is 3.17. The summed E-state index contributed by atoms with van der Waals surface area (Å²) < 4.78 is 12.7. The predicted octanol–water partition coefficient (Wildman–Crippen LogP) is 9.62. The number of carbonyl (C=O) groups is 3. The van der Waals surface area contributed by atoms with Gasteiger partial charge in [0.2, 0.25) is 0 Å². The van der Waals surface area contributed by atoms with E-state index in [0.29, 0.717) is 38.9 Å². The third kappa shape index (κ3) is 6.90. The number of nitrogens with zero attached hydrogens (tertiary/aromatic N) is 2. The number of imide groups is 2. The van der Waals surface area contributed by atoms with Crippen LogP contribution < -0.4 is 24.6 Å². The highest BCUT2D eigenvalue weighted by molar-refractivity contribution is 9.10. The second-order valence-corrected chi connectivity index (χ2v) is 14.9. The van der Waals surface area contributed by atoms with E-state index in [1.165, 1.54) is 22.9 Å². The average molecular weight is 803 g/mol. The molecule has 3 aliphatic rings. The molecule has 0 saturated carbocycles. The summed E-state index contributed by atoms with van der Waals surface area (Å²) in [5.41, 5.74) is 7.31. The molecule has 5 aromatic rings. The number of ether oxygens (including phenoxy) is 2. The fourth-order valence-electron chi connectivity index (χ4n) is 7.88. The van der Waals surface area contributed by atoms with Gasteiger partial charge in [-0.25, -0.2) is 9.69 Å². The van der Waals surface area contributed by atoms with Gasteiger partial charge in [-0.05, 0) is 112 Å². The van der Waals surface area contributed by atoms with Crippen LogP contribution in [0.25, 0.3) is 6.08 Å². The van der Waals surface area contributed by atoms with Gasteiger partial charge in [0.05, 0.1) is 16.8 Å². The van der Waals surface area contributed by atoms with Gasteiger partial charge < -0.3 is 14.4 Å². The van der Waals surface area contributed by atoms with Gasteiger partial charge in [-0.15, -0.1) is 0 Å². The Balaban J connectivity index is 1.19. The van der Waals surface area contributed by atoms with Gasteiger partial charge in [-0.3, -0.25) is 14.9 Å². The van der Waals surface area contributed by atoms with Gasteiger partial charge in [0.25, 0.3) is 11.8 Å². The second kappa shape index (κ2) is 15.2. The molecule has 8 nitrogen and oxygen atoms in total. The van der Waals surface area contributed by atoms with Gasteiger partial charge in [-0.2, -0.15) is 0 Å². The van der Waals surface area contributed by atoms with E-state index in [0.717, 1.165) is 47.5 Å². The highest BCUT2D eigenvalue weighted by Gasteiger charge is 2.40. The Morgan fingerprint density at radius 3 is 2.07 bits per heavy atom. The van der Waals surface area contributed by atoms with Gasteiger partial charge in [0, 0.05) is 35.6 Å². The summed E-state index contributed by atoms with van der Waals surface area (Å²) in [4.78, 5) is 45.1. The van der Waals surface area contributed by atoms with E-state index in [4.69, 9.17) is 21.1 Å². The second-order valence-electron chi connectivity index (χ2n) is 13.6. The van der Waals surface area contributed by atoms with Crippen molar-refractivity contribution in [2.75, 3.05) is 29.5 Å². The zero-order valence-corrected chi connectivity index (χ0v) is 31.9. The molecule has 272 valence electrons. The predicted molar refractivity (Wildman–Crippen MR) is 215 cm³/mol. The summed E-state index contributed by atoms with van der Waals surface area (Å²) in [7, 11) is 0. The van der Waals surface area contributed by atoms with Crippen LogP contribution in [0.5, 0.6) is 11.5 Å². The molecule has 3 heterocycles. The summed E-state index contributed by atoms with van der Waals surface area (Å²) >= 11 is 9.78. The van der Waals surface area contributed by atoms with Crippen LogP contribution in [0.15, 0.2) is 119 Å². The van der Waals surface area contributed by atoms with Crippen LogP contribution in [0.1, 0.15) is 65.0 Å². The van der Waals surface area contributed by atoms with Crippen molar-refractivity contribution >= 4 is 62.8 Å². The summed E-state index contributed by atoms with van der Waals surface area (Å²) in [6.45, 7) is 4.28. The number of halogens is 2. The molecule has 4 amide bonds. The van der Waals surface area contributed by atoms with Crippen LogP contribution in [0.2, 0.25) is 5.02 Å². The van der Waals surface area contributed by atoms with Crippen molar-refractivity contribution in [1.29, 1.82) is 0 Å². The zero-order chi connectivity index (χ0) is 37.3. The summed E-state index contributed by atoms with van der Waals surface area (Å²) in [6, 6.07) is 34.7. The Morgan fingerprint density at radius 1 is 0.815 bits per heavy atom. The highest BCUT2D eigenvalue weighted by Crippen LogP contribution is 2.50. The van der Waals surface area contributed by atoms with Crippen LogP contribution in [0, 0.1) is 0 Å². The quantitative estimate of drug-likeness (QED) is 0.118. The number of nitrogens with one attached hydrogen (secondary N) is 1. The maximum Gasteiger partial charge on any atom is 0.335 e. The van der Waals surface area contributed by atoms with Crippen LogP contribution >= 0.6 is 27.5 Å². The molecule has 2 atom stereocenters. The smallest absolute Gasteiger partial charge is 0.335 e. The molecule has 1 N–H and O–H groups in total. The number of anilines is 2. The Bertz CT molecular complexity index is 2220. The number of barbiturate groups is 1. The van der Waals surface area contributed by atoms with Crippen molar-refractivity contribution in [2.24, 2.45) is 0 Å². The first kappa shape index (κ1) is 35.6. The minimum atomic E-state index is -0.786. The molecule has 0 spiro atoms. The maximum atomic E-state index is 14.4. The molecule has 0 aromatic heterocycles. The molecule has 10 heteroatoms. The number of amides is 4. The Hall–Kier alpha value is -5.38. The summed E-state index contributed by atoms with van der Waals surface area (Å²) in [6.07, 6.45) is 3.28. The van der Waals surface area contributed by atoms with E-state index in [2.05, 4.69) is 50.4 Å². The number of carbonyl (C=O) groups excluding carboxylic acids is 3. The minimum absolute atomic E-state index is 0.0687. The van der Waals surface area contributed by atoms with Gasteiger partial charge in [0.15, 0.2) is 11.5 Å². The van der Waals surface area contributed by atoms with Crippen molar-refractivity contribution in [2.45, 2.75) is 38.2 Å². The van der Waals surface area contributed by atoms with E-state index < -0.39 is 17.8 Å². The Labute approximate surface area is 327 Å². The maximum absolute atomic E-state index is 14.4. The van der Waals surface area contributed by atoms with Gasteiger partial charge >= 0.3 is 6.03 Å². The monoisotopic (exact) mass is 801 g/mol. The lowest BCUT2D eigenvalue weighted by Gasteiger charge is -2.44. The first-order valence-corrected chi connectivity index (χ1v) is 19.2. The highest BCUT2D eigenvalue weighted by atomic mass is 79.9. The lowest BCUT2D eigenvalue weighted by atomic mass is 9.76. The minimum Gasteiger partial charge on any atom is -0.490 e. The number of hydrogen-bond acceptors (Lipinski definition) is 6. The van der Waals surface area contributed by atoms with Crippen molar-refractivity contribution in [3.05, 3.63) is 158 Å². The normalized spacial score (nSPS) is 18.7. The molecule has 3 aliphatic heterocycles. The van der Waals surface area contributed by atoms with E-state index in [9.17, 15) is 14.4 Å². The van der Waals surface area contributed by atoms with Crippen LogP contribution in [-0.2, 0) is 16.2 Å². The lowest BCUT2D eigenvalue weighted by molar-refractivity contribution is -0.122. The van der Waals surface area contributed by atoms with Crippen molar-refractivity contribution in [3.8, 4) is 11.5 Å². The van der Waals surface area contributed by atoms with Gasteiger partial charge in [-0.1, -0.05) is 84.4 Å². The Kier molecular flexibility index (Phi) is 10.0. The molecule has 0 unspecified atom stereocenters. The number of benzene rings is 5. The fraction of sp³-hybridized carbons (Fsp3) is 0.205. The van der Waals surface area contributed by atoms with Crippen LogP contribution in [0.3, 0.4) is 0 Å². The molecular weight excluding hydrogens is 766 g/mol. The van der Waals surface area contributed by atoms with Gasteiger partial charge in [0.1, 0.15) is 12.2 Å². The van der Waals surface area contributed by atoms with E-state index in [-0.39, 0.29) is 24.0 Å². The van der Waals surface area contributed by atoms with Crippen LogP contribution in [-0.4, -0.2) is 37.5 Å². The molecule has 0 aliphatic carbocycles. The molecule has 1 fully saturated rings. The molecule has 1 saturated heterocycles. The Morgan fingerprint density at radius 2 is 1.46 bits per heavy atom. The molecule has 0 radical (unpaired) electrons. The van der Waals surface area contributed by atoms with Crippen molar-refractivity contribution in [1.82, 2.24) is 5.32 Å². The lowest BCUT2D eigenvalue weighted by Crippen LogP contribution is -2.54. The topological polar surface area (TPSA) is 88.2 Å².